The average molecular weight is 547 g/mol. The number of rotatable bonds is 9. The van der Waals surface area contributed by atoms with E-state index in [4.69, 9.17) is 9.47 Å². The number of fused-ring (bicyclic) bond motifs is 5. The SMILES string of the molecule is C=C(/C=C\C=C/C)C(=O)OC1C2CC(C3CC(/C(C)=C\C(=C)c4ccccc4)=C(C)C32)C1OC(=O)c1ccccc1. The second-order valence-electron chi connectivity index (χ2n) is 11.4. The standard InChI is InChI=1S/C37H38O4/c1-6-7-10-15-23(2)36(38)40-35-32-22-31(34(35)41-37(39)28-18-13-9-14-19-28)30-21-29(26(5)33(30)32)25(4)20-24(3)27-16-11-8-12-17-27/h6-20,30-35H,2-3,21-22H2,1,4-5H3/b7-6-,15-10-,25-20-. The van der Waals surface area contributed by atoms with Gasteiger partial charge in [0.1, 0.15) is 12.2 Å². The third kappa shape index (κ3) is 5.69. The van der Waals surface area contributed by atoms with Crippen molar-refractivity contribution in [3.63, 3.8) is 0 Å². The van der Waals surface area contributed by atoms with E-state index in [0.29, 0.717) is 11.5 Å². The van der Waals surface area contributed by atoms with Crippen LogP contribution in [-0.2, 0) is 14.3 Å². The molecule has 4 heteroatoms. The highest BCUT2D eigenvalue weighted by molar-refractivity contribution is 5.91. The van der Waals surface area contributed by atoms with Gasteiger partial charge in [0.2, 0.25) is 0 Å². The van der Waals surface area contributed by atoms with Gasteiger partial charge in [-0.25, -0.2) is 9.59 Å². The van der Waals surface area contributed by atoms with Crippen LogP contribution in [0.2, 0.25) is 0 Å². The Balaban J connectivity index is 1.41. The number of carbonyl (C=O) groups excluding carboxylic acids is 2. The van der Waals surface area contributed by atoms with E-state index in [1.807, 2.05) is 55.5 Å². The summed E-state index contributed by atoms with van der Waals surface area (Å²) in [4.78, 5) is 26.3. The maximum absolute atomic E-state index is 13.2. The smallest absolute Gasteiger partial charge is 0.338 e. The zero-order chi connectivity index (χ0) is 29.1. The van der Waals surface area contributed by atoms with Crippen LogP contribution in [0.5, 0.6) is 0 Å². The van der Waals surface area contributed by atoms with Crippen LogP contribution in [0.1, 0.15) is 49.5 Å². The van der Waals surface area contributed by atoms with E-state index in [9.17, 15) is 9.59 Å². The Morgan fingerprint density at radius 1 is 0.854 bits per heavy atom. The average Bonchev–Trinajstić information content (AvgIpc) is 3.64. The normalized spacial score (nSPS) is 27.0. The summed E-state index contributed by atoms with van der Waals surface area (Å²) < 4.78 is 12.3. The number of hydrogen-bond acceptors (Lipinski definition) is 4. The number of allylic oxidation sites excluding steroid dienone is 8. The van der Waals surface area contributed by atoms with Gasteiger partial charge in [-0.3, -0.25) is 0 Å². The summed E-state index contributed by atoms with van der Waals surface area (Å²) in [7, 11) is 0. The third-order valence-electron chi connectivity index (χ3n) is 8.97. The highest BCUT2D eigenvalue weighted by Gasteiger charge is 2.63. The molecule has 6 atom stereocenters. The third-order valence-corrected chi connectivity index (χ3v) is 8.97. The first kappa shape index (κ1) is 28.4. The summed E-state index contributed by atoms with van der Waals surface area (Å²) >= 11 is 0. The lowest BCUT2D eigenvalue weighted by atomic mass is 9.76. The van der Waals surface area contributed by atoms with Crippen LogP contribution in [0.3, 0.4) is 0 Å². The molecular formula is C37H38O4. The van der Waals surface area contributed by atoms with Crippen molar-refractivity contribution in [2.24, 2.45) is 23.7 Å². The molecule has 2 fully saturated rings. The first-order chi connectivity index (χ1) is 19.8. The maximum atomic E-state index is 13.2. The Labute approximate surface area is 243 Å². The molecule has 41 heavy (non-hydrogen) atoms. The summed E-state index contributed by atoms with van der Waals surface area (Å²) in [5.74, 6) is -0.0527. The quantitative estimate of drug-likeness (QED) is 0.181. The summed E-state index contributed by atoms with van der Waals surface area (Å²) in [6.45, 7) is 14.5. The predicted molar refractivity (Wildman–Crippen MR) is 164 cm³/mol. The van der Waals surface area contributed by atoms with Gasteiger partial charge in [0.25, 0.3) is 0 Å². The summed E-state index contributed by atoms with van der Waals surface area (Å²) in [6.07, 6.45) is 10.1. The monoisotopic (exact) mass is 546 g/mol. The minimum absolute atomic E-state index is 0.0810. The van der Waals surface area contributed by atoms with E-state index in [0.717, 1.165) is 24.0 Å². The summed E-state index contributed by atoms with van der Waals surface area (Å²) in [6, 6.07) is 19.2. The van der Waals surface area contributed by atoms with Crippen LogP contribution >= 0.6 is 0 Å². The van der Waals surface area contributed by atoms with E-state index in [-0.39, 0.29) is 29.3 Å². The van der Waals surface area contributed by atoms with Gasteiger partial charge >= 0.3 is 11.9 Å². The number of ether oxygens (including phenoxy) is 2. The molecule has 2 bridgehead atoms. The maximum Gasteiger partial charge on any atom is 0.338 e. The minimum Gasteiger partial charge on any atom is -0.455 e. The molecule has 5 rings (SSSR count). The molecule has 0 radical (unpaired) electrons. The highest BCUT2D eigenvalue weighted by atomic mass is 16.6. The molecular weight excluding hydrogens is 508 g/mol. The molecule has 0 N–H and O–H groups in total. The lowest BCUT2D eigenvalue weighted by Gasteiger charge is -2.38. The van der Waals surface area contributed by atoms with Crippen molar-refractivity contribution in [1.29, 1.82) is 0 Å². The Morgan fingerprint density at radius 3 is 2.15 bits per heavy atom. The van der Waals surface area contributed by atoms with Gasteiger partial charge in [-0.2, -0.15) is 0 Å². The fourth-order valence-electron chi connectivity index (χ4n) is 7.12. The second kappa shape index (κ2) is 12.1. The van der Waals surface area contributed by atoms with Crippen molar-refractivity contribution in [2.45, 2.75) is 45.8 Å². The molecule has 210 valence electrons. The van der Waals surface area contributed by atoms with E-state index < -0.39 is 18.2 Å². The molecule has 0 aromatic heterocycles. The van der Waals surface area contributed by atoms with Crippen LogP contribution < -0.4 is 0 Å². The number of benzene rings is 2. The van der Waals surface area contributed by atoms with Crippen LogP contribution in [0.25, 0.3) is 5.57 Å². The first-order valence-corrected chi connectivity index (χ1v) is 14.4. The minimum atomic E-state index is -0.522. The van der Waals surface area contributed by atoms with Gasteiger partial charge in [-0.05, 0) is 85.9 Å². The second-order valence-corrected chi connectivity index (χ2v) is 11.4. The van der Waals surface area contributed by atoms with Crippen molar-refractivity contribution in [3.05, 3.63) is 138 Å². The molecule has 2 aromatic rings. The van der Waals surface area contributed by atoms with Gasteiger partial charge in [0.05, 0.1) is 11.1 Å². The van der Waals surface area contributed by atoms with Gasteiger partial charge < -0.3 is 9.47 Å². The molecule has 0 saturated heterocycles. The molecule has 3 aliphatic rings. The van der Waals surface area contributed by atoms with E-state index in [1.165, 1.54) is 16.7 Å². The molecule has 3 aliphatic carbocycles. The van der Waals surface area contributed by atoms with Crippen molar-refractivity contribution < 1.29 is 19.1 Å². The number of carbonyl (C=O) groups is 2. The van der Waals surface area contributed by atoms with E-state index in [2.05, 4.69) is 45.2 Å². The molecule has 2 saturated carbocycles. The summed E-state index contributed by atoms with van der Waals surface area (Å²) in [5.41, 5.74) is 6.74. The van der Waals surface area contributed by atoms with Crippen molar-refractivity contribution in [2.75, 3.05) is 0 Å². The zero-order valence-electron chi connectivity index (χ0n) is 24.1. The Hall–Kier alpha value is -4.18. The molecule has 4 nitrogen and oxygen atoms in total. The van der Waals surface area contributed by atoms with Gasteiger partial charge in [0.15, 0.2) is 0 Å². The van der Waals surface area contributed by atoms with Crippen molar-refractivity contribution in [1.82, 2.24) is 0 Å². The zero-order valence-corrected chi connectivity index (χ0v) is 24.1. The van der Waals surface area contributed by atoms with Crippen molar-refractivity contribution in [3.8, 4) is 0 Å². The van der Waals surface area contributed by atoms with Gasteiger partial charge in [-0.1, -0.05) is 91.6 Å². The van der Waals surface area contributed by atoms with Crippen molar-refractivity contribution >= 4 is 17.5 Å². The number of esters is 2. The Bertz CT molecular complexity index is 1460. The summed E-state index contributed by atoms with van der Waals surface area (Å²) in [5, 5.41) is 0. The number of hydrogen-bond donors (Lipinski definition) is 0. The van der Waals surface area contributed by atoms with Crippen LogP contribution in [0, 0.1) is 23.7 Å². The molecule has 6 unspecified atom stereocenters. The van der Waals surface area contributed by atoms with E-state index in [1.54, 1.807) is 24.3 Å². The van der Waals surface area contributed by atoms with Gasteiger partial charge in [-0.15, -0.1) is 0 Å². The topological polar surface area (TPSA) is 52.6 Å². The molecule has 0 heterocycles. The predicted octanol–water partition coefficient (Wildman–Crippen LogP) is 8.07. The first-order valence-electron chi connectivity index (χ1n) is 14.4. The lowest BCUT2D eigenvalue weighted by molar-refractivity contribution is -0.157. The van der Waals surface area contributed by atoms with Crippen LogP contribution in [-0.4, -0.2) is 24.1 Å². The Kier molecular flexibility index (Phi) is 8.39. The highest BCUT2D eigenvalue weighted by Crippen LogP contribution is 2.62. The molecule has 0 aliphatic heterocycles. The molecule has 2 aromatic carbocycles. The lowest BCUT2D eigenvalue weighted by Crippen LogP contribution is -2.46. The van der Waals surface area contributed by atoms with Crippen LogP contribution in [0.4, 0.5) is 0 Å². The van der Waals surface area contributed by atoms with Gasteiger partial charge in [0, 0.05) is 11.8 Å². The largest absolute Gasteiger partial charge is 0.455 e. The van der Waals surface area contributed by atoms with E-state index >= 15 is 0 Å². The Morgan fingerprint density at radius 2 is 1.49 bits per heavy atom. The fourth-order valence-corrected chi connectivity index (χ4v) is 7.12. The molecule has 0 amide bonds. The molecule has 0 spiro atoms. The van der Waals surface area contributed by atoms with Crippen LogP contribution in [0.15, 0.2) is 126 Å². The fraction of sp³-hybridized carbons (Fsp3) is 0.297.